The standard InChI is InChI=1S/C34H42N2O3/c1-25-12-8-9-15-27(25)23-36(32(37)24-39-30-20-18-28(19-21-30)34(2,3)4)31(22-26-13-6-5-7-14-26)33(38)35-29-16-10-11-17-29/h5-9,12-15,18-21,29,31H,10-11,16-17,22-24H2,1-4H3,(H,35,38)/t31-/m0/s1. The van der Waals surface area contributed by atoms with E-state index in [-0.39, 0.29) is 29.9 Å². The lowest BCUT2D eigenvalue weighted by Gasteiger charge is -2.32. The predicted molar refractivity (Wildman–Crippen MR) is 157 cm³/mol. The molecule has 39 heavy (non-hydrogen) atoms. The lowest BCUT2D eigenvalue weighted by molar-refractivity contribution is -0.143. The molecule has 0 unspecified atom stereocenters. The summed E-state index contributed by atoms with van der Waals surface area (Å²) in [5, 5.41) is 3.26. The van der Waals surface area contributed by atoms with E-state index in [0.717, 1.165) is 42.4 Å². The van der Waals surface area contributed by atoms with Crippen LogP contribution in [0.5, 0.6) is 5.75 Å². The first-order valence-corrected chi connectivity index (χ1v) is 14.1. The van der Waals surface area contributed by atoms with Gasteiger partial charge in [0.1, 0.15) is 11.8 Å². The summed E-state index contributed by atoms with van der Waals surface area (Å²) >= 11 is 0. The number of nitrogens with one attached hydrogen (secondary N) is 1. The number of hydrogen-bond donors (Lipinski definition) is 1. The van der Waals surface area contributed by atoms with Gasteiger partial charge in [-0.1, -0.05) is 100 Å². The zero-order chi connectivity index (χ0) is 27.8. The van der Waals surface area contributed by atoms with Gasteiger partial charge in [-0.3, -0.25) is 9.59 Å². The van der Waals surface area contributed by atoms with Gasteiger partial charge in [0.05, 0.1) is 0 Å². The Morgan fingerprint density at radius 2 is 1.56 bits per heavy atom. The first-order chi connectivity index (χ1) is 18.7. The maximum atomic E-state index is 13.9. The molecule has 3 aromatic rings. The fourth-order valence-corrected chi connectivity index (χ4v) is 5.17. The number of nitrogens with zero attached hydrogens (tertiary/aromatic N) is 1. The van der Waals surface area contributed by atoms with Crippen molar-refractivity contribution >= 4 is 11.8 Å². The Kier molecular flexibility index (Phi) is 9.45. The third kappa shape index (κ3) is 7.95. The highest BCUT2D eigenvalue weighted by Gasteiger charge is 2.32. The van der Waals surface area contributed by atoms with E-state index in [1.165, 1.54) is 5.56 Å². The van der Waals surface area contributed by atoms with Crippen molar-refractivity contribution in [2.75, 3.05) is 6.61 Å². The first kappa shape index (κ1) is 28.4. The third-order valence-corrected chi connectivity index (χ3v) is 7.66. The van der Waals surface area contributed by atoms with E-state index in [4.69, 9.17) is 4.74 Å². The number of hydrogen-bond acceptors (Lipinski definition) is 3. The summed E-state index contributed by atoms with van der Waals surface area (Å²) in [5.41, 5.74) is 4.37. The van der Waals surface area contributed by atoms with E-state index < -0.39 is 6.04 Å². The molecule has 1 saturated carbocycles. The molecule has 5 heteroatoms. The van der Waals surface area contributed by atoms with Gasteiger partial charge < -0.3 is 15.0 Å². The molecule has 5 nitrogen and oxygen atoms in total. The summed E-state index contributed by atoms with van der Waals surface area (Å²) in [5.74, 6) is 0.338. The third-order valence-electron chi connectivity index (χ3n) is 7.66. The second kappa shape index (κ2) is 13.0. The Morgan fingerprint density at radius 1 is 0.923 bits per heavy atom. The van der Waals surface area contributed by atoms with E-state index in [1.807, 2.05) is 85.8 Å². The van der Waals surface area contributed by atoms with E-state index in [1.54, 1.807) is 4.90 Å². The Labute approximate surface area is 233 Å². The molecule has 0 heterocycles. The number of aryl methyl sites for hydroxylation is 1. The lowest BCUT2D eigenvalue weighted by Crippen LogP contribution is -2.53. The molecule has 0 spiro atoms. The normalized spacial score (nSPS) is 14.6. The van der Waals surface area contributed by atoms with Gasteiger partial charge in [-0.25, -0.2) is 0 Å². The summed E-state index contributed by atoms with van der Waals surface area (Å²) in [6, 6.07) is 25.4. The summed E-state index contributed by atoms with van der Waals surface area (Å²) in [4.78, 5) is 29.3. The summed E-state index contributed by atoms with van der Waals surface area (Å²) in [6.45, 7) is 8.74. The number of amides is 2. The minimum absolute atomic E-state index is 0.0377. The van der Waals surface area contributed by atoms with E-state index in [2.05, 4.69) is 26.1 Å². The second-order valence-electron chi connectivity index (χ2n) is 11.7. The first-order valence-electron chi connectivity index (χ1n) is 14.1. The second-order valence-corrected chi connectivity index (χ2v) is 11.7. The van der Waals surface area contributed by atoms with Gasteiger partial charge in [-0.15, -0.1) is 0 Å². The topological polar surface area (TPSA) is 58.6 Å². The van der Waals surface area contributed by atoms with Gasteiger partial charge in [0.15, 0.2) is 6.61 Å². The van der Waals surface area contributed by atoms with Gasteiger partial charge in [0.25, 0.3) is 5.91 Å². The van der Waals surface area contributed by atoms with Crippen molar-refractivity contribution in [2.45, 2.75) is 83.8 Å². The van der Waals surface area contributed by atoms with Crippen LogP contribution in [0.1, 0.15) is 68.7 Å². The molecule has 0 bridgehead atoms. The quantitative estimate of drug-likeness (QED) is 0.334. The maximum absolute atomic E-state index is 13.9. The largest absolute Gasteiger partial charge is 0.484 e. The molecule has 4 rings (SSSR count). The fourth-order valence-electron chi connectivity index (χ4n) is 5.17. The molecule has 2 amide bonds. The maximum Gasteiger partial charge on any atom is 0.261 e. The number of ether oxygens (including phenoxy) is 1. The Hall–Kier alpha value is -3.60. The number of benzene rings is 3. The van der Waals surface area contributed by atoms with E-state index in [0.29, 0.717) is 18.7 Å². The van der Waals surface area contributed by atoms with Crippen molar-refractivity contribution in [3.05, 3.63) is 101 Å². The average molecular weight is 527 g/mol. The smallest absolute Gasteiger partial charge is 0.261 e. The molecule has 0 radical (unpaired) electrons. The van der Waals surface area contributed by atoms with E-state index >= 15 is 0 Å². The summed E-state index contributed by atoms with van der Waals surface area (Å²) < 4.78 is 5.98. The molecular weight excluding hydrogens is 484 g/mol. The van der Waals surface area contributed by atoms with Crippen LogP contribution in [0.25, 0.3) is 0 Å². The average Bonchev–Trinajstić information content (AvgIpc) is 3.43. The monoisotopic (exact) mass is 526 g/mol. The summed E-state index contributed by atoms with van der Waals surface area (Å²) in [7, 11) is 0. The van der Waals surface area contributed by atoms with E-state index in [9.17, 15) is 9.59 Å². The predicted octanol–water partition coefficient (Wildman–Crippen LogP) is 6.37. The molecule has 0 saturated heterocycles. The van der Waals surface area contributed by atoms with Crippen molar-refractivity contribution in [2.24, 2.45) is 0 Å². The molecule has 0 aromatic heterocycles. The number of carbonyl (C=O) groups excluding carboxylic acids is 2. The van der Waals surface area contributed by atoms with Crippen LogP contribution >= 0.6 is 0 Å². The lowest BCUT2D eigenvalue weighted by atomic mass is 9.87. The Balaban J connectivity index is 1.59. The molecule has 1 atom stereocenters. The fraction of sp³-hybridized carbons (Fsp3) is 0.412. The highest BCUT2D eigenvalue weighted by molar-refractivity contribution is 5.88. The number of carbonyl (C=O) groups is 2. The van der Waals surface area contributed by atoms with Gasteiger partial charge in [0, 0.05) is 19.0 Å². The summed E-state index contributed by atoms with van der Waals surface area (Å²) in [6.07, 6.45) is 4.67. The van der Waals surface area contributed by atoms with Gasteiger partial charge in [-0.05, 0) is 59.6 Å². The van der Waals surface area contributed by atoms with Gasteiger partial charge in [-0.2, -0.15) is 0 Å². The molecule has 0 aliphatic heterocycles. The minimum atomic E-state index is -0.646. The molecule has 1 aliphatic rings. The van der Waals surface area contributed by atoms with Gasteiger partial charge in [0.2, 0.25) is 5.91 Å². The van der Waals surface area contributed by atoms with Crippen LogP contribution < -0.4 is 10.1 Å². The molecule has 1 aliphatic carbocycles. The molecule has 1 fully saturated rings. The van der Waals surface area contributed by atoms with Crippen LogP contribution in [0.2, 0.25) is 0 Å². The highest BCUT2D eigenvalue weighted by Crippen LogP contribution is 2.25. The number of rotatable bonds is 10. The zero-order valence-electron chi connectivity index (χ0n) is 23.8. The van der Waals surface area contributed by atoms with Gasteiger partial charge >= 0.3 is 0 Å². The van der Waals surface area contributed by atoms with Crippen molar-refractivity contribution < 1.29 is 14.3 Å². The molecular formula is C34H42N2O3. The van der Waals surface area contributed by atoms with Crippen LogP contribution in [-0.2, 0) is 28.0 Å². The molecule has 206 valence electrons. The van der Waals surface area contributed by atoms with Crippen LogP contribution in [0.3, 0.4) is 0 Å². The van der Waals surface area contributed by atoms with Crippen molar-refractivity contribution in [3.63, 3.8) is 0 Å². The van der Waals surface area contributed by atoms with Crippen LogP contribution in [0.4, 0.5) is 0 Å². The highest BCUT2D eigenvalue weighted by atomic mass is 16.5. The zero-order valence-corrected chi connectivity index (χ0v) is 23.8. The van der Waals surface area contributed by atoms with Crippen LogP contribution in [0, 0.1) is 6.92 Å². The van der Waals surface area contributed by atoms with Crippen molar-refractivity contribution in [1.29, 1.82) is 0 Å². The SMILES string of the molecule is Cc1ccccc1CN(C(=O)COc1ccc(C(C)(C)C)cc1)[C@@H](Cc1ccccc1)C(=O)NC1CCCC1. The van der Waals surface area contributed by atoms with Crippen LogP contribution in [-0.4, -0.2) is 35.4 Å². The Morgan fingerprint density at radius 3 is 2.21 bits per heavy atom. The van der Waals surface area contributed by atoms with Crippen LogP contribution in [0.15, 0.2) is 78.9 Å². The minimum Gasteiger partial charge on any atom is -0.484 e. The molecule has 1 N–H and O–H groups in total. The van der Waals surface area contributed by atoms with Crippen molar-refractivity contribution in [3.8, 4) is 5.75 Å². The molecule has 3 aromatic carbocycles. The Bertz CT molecular complexity index is 1230. The van der Waals surface area contributed by atoms with Crippen molar-refractivity contribution in [1.82, 2.24) is 10.2 Å².